The molecule has 1 N–H and O–H groups in total. The Morgan fingerprint density at radius 3 is 2.55 bits per heavy atom. The number of oxazole rings is 1. The van der Waals surface area contributed by atoms with Crippen LogP contribution in [-0.4, -0.2) is 18.2 Å². The first-order chi connectivity index (χ1) is 9.79. The first-order valence-electron chi connectivity index (χ1n) is 6.32. The van der Waals surface area contributed by atoms with E-state index < -0.39 is 5.76 Å². The molecule has 0 amide bonds. The second kappa shape index (κ2) is 4.16. The molecule has 1 aromatic heterocycles. The molecule has 0 atom stereocenters. The van der Waals surface area contributed by atoms with Crippen molar-refractivity contribution in [3.05, 3.63) is 46.9 Å². The summed E-state index contributed by atoms with van der Waals surface area (Å²) < 4.78 is 16.1. The van der Waals surface area contributed by atoms with Crippen LogP contribution >= 0.6 is 0 Å². The summed E-state index contributed by atoms with van der Waals surface area (Å²) in [5.74, 6) is 1.05. The molecule has 0 spiro atoms. The van der Waals surface area contributed by atoms with Gasteiger partial charge in [-0.15, -0.1) is 0 Å². The van der Waals surface area contributed by atoms with Crippen LogP contribution in [0.2, 0.25) is 0 Å². The van der Waals surface area contributed by atoms with Crippen LogP contribution in [0.1, 0.15) is 0 Å². The van der Waals surface area contributed by atoms with Crippen LogP contribution in [0.4, 0.5) is 0 Å². The maximum absolute atomic E-state index is 11.2. The monoisotopic (exact) mass is 269 g/mol. The normalized spacial score (nSPS) is 13.6. The van der Waals surface area contributed by atoms with Gasteiger partial charge in [0.25, 0.3) is 0 Å². The Labute approximate surface area is 113 Å². The number of benzene rings is 2. The zero-order valence-corrected chi connectivity index (χ0v) is 10.5. The Balaban J connectivity index is 1.83. The van der Waals surface area contributed by atoms with Gasteiger partial charge in [-0.1, -0.05) is 12.1 Å². The molecule has 0 unspecified atom stereocenters. The van der Waals surface area contributed by atoms with Crippen LogP contribution in [-0.2, 0) is 0 Å². The predicted molar refractivity (Wildman–Crippen MR) is 73.3 cm³/mol. The minimum atomic E-state index is -0.445. The predicted octanol–water partition coefficient (Wildman–Crippen LogP) is 2.56. The van der Waals surface area contributed by atoms with E-state index in [1.165, 1.54) is 0 Å². The molecule has 2 heterocycles. The molecular weight excluding hydrogens is 258 g/mol. The Hall–Kier alpha value is -2.69. The number of fused-ring (bicyclic) bond motifs is 2. The number of H-pyrrole nitrogens is 1. The molecule has 0 saturated heterocycles. The highest BCUT2D eigenvalue weighted by molar-refractivity contribution is 5.80. The van der Waals surface area contributed by atoms with E-state index in [9.17, 15) is 4.79 Å². The lowest BCUT2D eigenvalue weighted by Crippen LogP contribution is -2.15. The van der Waals surface area contributed by atoms with Crippen molar-refractivity contribution in [3.8, 4) is 22.6 Å². The van der Waals surface area contributed by atoms with Crippen LogP contribution in [0.15, 0.2) is 45.6 Å². The van der Waals surface area contributed by atoms with Crippen molar-refractivity contribution >= 4 is 11.1 Å². The molecule has 3 aromatic rings. The topological polar surface area (TPSA) is 64.5 Å². The molecule has 0 radical (unpaired) electrons. The molecule has 0 fully saturated rings. The molecular formula is C15H11NO4. The molecule has 5 nitrogen and oxygen atoms in total. The van der Waals surface area contributed by atoms with Gasteiger partial charge in [0.15, 0.2) is 17.1 Å². The van der Waals surface area contributed by atoms with Crippen molar-refractivity contribution in [3.63, 3.8) is 0 Å². The van der Waals surface area contributed by atoms with Crippen molar-refractivity contribution in [1.29, 1.82) is 0 Å². The maximum atomic E-state index is 11.2. The van der Waals surface area contributed by atoms with Crippen LogP contribution in [0.5, 0.6) is 11.5 Å². The number of rotatable bonds is 1. The Bertz CT molecular complexity index is 846. The standard InChI is InChI=1S/C15H11NO4/c17-15-16-11-3-1-9(7-13(11)20-15)10-2-4-12-14(8-10)19-6-5-18-12/h1-4,7-8H,5-6H2,(H,16,17). The van der Waals surface area contributed by atoms with Gasteiger partial charge in [0.05, 0.1) is 5.52 Å². The van der Waals surface area contributed by atoms with Gasteiger partial charge in [0, 0.05) is 0 Å². The second-order valence-corrected chi connectivity index (χ2v) is 4.58. The van der Waals surface area contributed by atoms with E-state index in [-0.39, 0.29) is 0 Å². The fourth-order valence-electron chi connectivity index (χ4n) is 2.35. The highest BCUT2D eigenvalue weighted by Crippen LogP contribution is 2.35. The van der Waals surface area contributed by atoms with E-state index >= 15 is 0 Å². The highest BCUT2D eigenvalue weighted by Gasteiger charge is 2.13. The minimum absolute atomic E-state index is 0.445. The van der Waals surface area contributed by atoms with E-state index in [1.807, 2.05) is 36.4 Å². The number of nitrogens with one attached hydrogen (secondary N) is 1. The Morgan fingerprint density at radius 2 is 1.65 bits per heavy atom. The first-order valence-corrected chi connectivity index (χ1v) is 6.32. The van der Waals surface area contributed by atoms with Crippen LogP contribution in [0, 0.1) is 0 Å². The lowest BCUT2D eigenvalue weighted by Gasteiger charge is -2.18. The van der Waals surface area contributed by atoms with Crippen molar-refractivity contribution in [1.82, 2.24) is 4.98 Å². The average molecular weight is 269 g/mol. The third kappa shape index (κ3) is 1.75. The fourth-order valence-corrected chi connectivity index (χ4v) is 2.35. The lowest BCUT2D eigenvalue weighted by atomic mass is 10.0. The van der Waals surface area contributed by atoms with Gasteiger partial charge in [-0.25, -0.2) is 4.79 Å². The Morgan fingerprint density at radius 1 is 0.900 bits per heavy atom. The van der Waals surface area contributed by atoms with E-state index in [4.69, 9.17) is 13.9 Å². The van der Waals surface area contributed by atoms with Gasteiger partial charge in [-0.2, -0.15) is 0 Å². The van der Waals surface area contributed by atoms with E-state index in [1.54, 1.807) is 0 Å². The molecule has 0 saturated carbocycles. The summed E-state index contributed by atoms with van der Waals surface area (Å²) in [6.07, 6.45) is 0. The Kier molecular flexibility index (Phi) is 2.32. The largest absolute Gasteiger partial charge is 0.486 e. The van der Waals surface area contributed by atoms with E-state index in [0.717, 1.165) is 22.6 Å². The number of aromatic nitrogens is 1. The summed E-state index contributed by atoms with van der Waals surface area (Å²) in [4.78, 5) is 13.8. The molecule has 0 bridgehead atoms. The van der Waals surface area contributed by atoms with Crippen molar-refractivity contribution < 1.29 is 13.9 Å². The summed E-state index contributed by atoms with van der Waals surface area (Å²) in [6.45, 7) is 1.13. The molecule has 20 heavy (non-hydrogen) atoms. The highest BCUT2D eigenvalue weighted by atomic mass is 16.6. The van der Waals surface area contributed by atoms with E-state index in [2.05, 4.69) is 4.98 Å². The third-order valence-corrected chi connectivity index (χ3v) is 3.30. The average Bonchev–Trinajstić information content (AvgIpc) is 2.85. The summed E-state index contributed by atoms with van der Waals surface area (Å²) in [5, 5.41) is 0. The van der Waals surface area contributed by atoms with Gasteiger partial charge in [-0.3, -0.25) is 4.98 Å². The van der Waals surface area contributed by atoms with E-state index in [0.29, 0.717) is 24.3 Å². The van der Waals surface area contributed by atoms with Gasteiger partial charge in [-0.05, 0) is 35.4 Å². The number of ether oxygens (including phenoxy) is 2. The molecule has 4 rings (SSSR count). The van der Waals surface area contributed by atoms with Crippen molar-refractivity contribution in [2.24, 2.45) is 0 Å². The zero-order valence-electron chi connectivity index (χ0n) is 10.5. The minimum Gasteiger partial charge on any atom is -0.486 e. The number of hydrogen-bond donors (Lipinski definition) is 1. The van der Waals surface area contributed by atoms with Gasteiger partial charge < -0.3 is 13.9 Å². The molecule has 100 valence electrons. The smallest absolute Gasteiger partial charge is 0.417 e. The van der Waals surface area contributed by atoms with Crippen molar-refractivity contribution in [2.75, 3.05) is 13.2 Å². The molecule has 1 aliphatic heterocycles. The summed E-state index contributed by atoms with van der Waals surface area (Å²) in [7, 11) is 0. The maximum Gasteiger partial charge on any atom is 0.417 e. The lowest BCUT2D eigenvalue weighted by molar-refractivity contribution is 0.171. The third-order valence-electron chi connectivity index (χ3n) is 3.30. The summed E-state index contributed by atoms with van der Waals surface area (Å²) >= 11 is 0. The number of aromatic amines is 1. The van der Waals surface area contributed by atoms with Gasteiger partial charge in [0.1, 0.15) is 13.2 Å². The molecule has 0 aliphatic carbocycles. The quantitative estimate of drug-likeness (QED) is 0.737. The zero-order chi connectivity index (χ0) is 13.5. The van der Waals surface area contributed by atoms with Gasteiger partial charge in [0.2, 0.25) is 0 Å². The van der Waals surface area contributed by atoms with Gasteiger partial charge >= 0.3 is 5.76 Å². The molecule has 2 aromatic carbocycles. The van der Waals surface area contributed by atoms with Crippen LogP contribution < -0.4 is 15.2 Å². The number of hydrogen-bond acceptors (Lipinski definition) is 4. The first kappa shape index (κ1) is 11.2. The SMILES string of the molecule is O=c1[nH]c2ccc(-c3ccc4c(c3)OCCO4)cc2o1. The summed E-state index contributed by atoms with van der Waals surface area (Å²) in [5.41, 5.74) is 3.18. The van der Waals surface area contributed by atoms with Crippen LogP contribution in [0.3, 0.4) is 0 Å². The second-order valence-electron chi connectivity index (χ2n) is 4.58. The molecule has 1 aliphatic rings. The van der Waals surface area contributed by atoms with Crippen molar-refractivity contribution in [2.45, 2.75) is 0 Å². The molecule has 5 heteroatoms. The fraction of sp³-hybridized carbons (Fsp3) is 0.133. The summed E-state index contributed by atoms with van der Waals surface area (Å²) in [6, 6.07) is 11.4. The van der Waals surface area contributed by atoms with Crippen LogP contribution in [0.25, 0.3) is 22.2 Å².